The standard InChI is InChI=1S/C12H21NO4/c1-10-3-4-12(17-10)8-13-7-11(14)9-16-6-5-15-2/h3-4,11,13-14H,5-9H2,1-2H3. The zero-order valence-corrected chi connectivity index (χ0v) is 10.4. The summed E-state index contributed by atoms with van der Waals surface area (Å²) in [4.78, 5) is 0. The van der Waals surface area contributed by atoms with E-state index in [0.717, 1.165) is 11.5 Å². The molecule has 5 nitrogen and oxygen atoms in total. The molecule has 17 heavy (non-hydrogen) atoms. The number of aliphatic hydroxyl groups excluding tert-OH is 1. The molecule has 0 aromatic carbocycles. The monoisotopic (exact) mass is 243 g/mol. The second kappa shape index (κ2) is 8.25. The third kappa shape index (κ3) is 6.43. The van der Waals surface area contributed by atoms with Gasteiger partial charge in [-0.05, 0) is 19.1 Å². The van der Waals surface area contributed by atoms with Crippen LogP contribution in [0.5, 0.6) is 0 Å². The number of rotatable bonds is 9. The van der Waals surface area contributed by atoms with E-state index in [1.54, 1.807) is 7.11 Å². The fraction of sp³-hybridized carbons (Fsp3) is 0.667. The van der Waals surface area contributed by atoms with Crippen LogP contribution in [0.4, 0.5) is 0 Å². The van der Waals surface area contributed by atoms with Crippen LogP contribution in [0.15, 0.2) is 16.5 Å². The molecule has 1 aromatic rings. The van der Waals surface area contributed by atoms with Crippen molar-refractivity contribution >= 4 is 0 Å². The van der Waals surface area contributed by atoms with Crippen molar-refractivity contribution in [3.05, 3.63) is 23.7 Å². The SMILES string of the molecule is COCCOCC(O)CNCc1ccc(C)o1. The summed E-state index contributed by atoms with van der Waals surface area (Å²) in [5.41, 5.74) is 0. The Bertz CT molecular complexity index is 300. The first-order valence-corrected chi connectivity index (χ1v) is 5.73. The fourth-order valence-corrected chi connectivity index (χ4v) is 1.36. The van der Waals surface area contributed by atoms with E-state index in [1.165, 1.54) is 0 Å². The van der Waals surface area contributed by atoms with Crippen LogP contribution >= 0.6 is 0 Å². The topological polar surface area (TPSA) is 63.9 Å². The molecule has 0 spiro atoms. The third-order valence-corrected chi connectivity index (χ3v) is 2.22. The van der Waals surface area contributed by atoms with Crippen molar-refractivity contribution in [1.82, 2.24) is 5.32 Å². The summed E-state index contributed by atoms with van der Waals surface area (Å²) < 4.78 is 15.4. The van der Waals surface area contributed by atoms with Crippen LogP contribution < -0.4 is 5.32 Å². The lowest BCUT2D eigenvalue weighted by Crippen LogP contribution is -2.30. The van der Waals surface area contributed by atoms with E-state index in [-0.39, 0.29) is 0 Å². The van der Waals surface area contributed by atoms with Crippen LogP contribution in [0.3, 0.4) is 0 Å². The molecule has 0 amide bonds. The molecule has 1 atom stereocenters. The summed E-state index contributed by atoms with van der Waals surface area (Å²) in [7, 11) is 1.62. The quantitative estimate of drug-likeness (QED) is 0.625. The highest BCUT2D eigenvalue weighted by Crippen LogP contribution is 2.05. The Kier molecular flexibility index (Phi) is 6.88. The van der Waals surface area contributed by atoms with Gasteiger partial charge in [0.2, 0.25) is 0 Å². The number of methoxy groups -OCH3 is 1. The molecule has 0 saturated heterocycles. The molecule has 1 rings (SSSR count). The van der Waals surface area contributed by atoms with Gasteiger partial charge in [-0.1, -0.05) is 0 Å². The van der Waals surface area contributed by atoms with Crippen LogP contribution in [-0.2, 0) is 16.0 Å². The summed E-state index contributed by atoms with van der Waals surface area (Å²) in [6.07, 6.45) is -0.511. The minimum atomic E-state index is -0.511. The largest absolute Gasteiger partial charge is 0.465 e. The first-order valence-electron chi connectivity index (χ1n) is 5.73. The van der Waals surface area contributed by atoms with Gasteiger partial charge >= 0.3 is 0 Å². The van der Waals surface area contributed by atoms with Gasteiger partial charge in [0, 0.05) is 13.7 Å². The summed E-state index contributed by atoms with van der Waals surface area (Å²) in [6, 6.07) is 3.84. The minimum Gasteiger partial charge on any atom is -0.465 e. The maximum atomic E-state index is 9.57. The predicted molar refractivity (Wildman–Crippen MR) is 63.9 cm³/mol. The van der Waals surface area contributed by atoms with E-state index in [1.807, 2.05) is 19.1 Å². The predicted octanol–water partition coefficient (Wildman–Crippen LogP) is 0.702. The van der Waals surface area contributed by atoms with E-state index >= 15 is 0 Å². The number of nitrogens with one attached hydrogen (secondary N) is 1. The van der Waals surface area contributed by atoms with Gasteiger partial charge in [-0.2, -0.15) is 0 Å². The molecule has 98 valence electrons. The smallest absolute Gasteiger partial charge is 0.117 e. The molecule has 2 N–H and O–H groups in total. The van der Waals surface area contributed by atoms with Crippen LogP contribution in [0.2, 0.25) is 0 Å². The minimum absolute atomic E-state index is 0.313. The van der Waals surface area contributed by atoms with Crippen molar-refractivity contribution in [1.29, 1.82) is 0 Å². The van der Waals surface area contributed by atoms with Gasteiger partial charge in [-0.3, -0.25) is 0 Å². The van der Waals surface area contributed by atoms with Crippen LogP contribution in [0.1, 0.15) is 11.5 Å². The Morgan fingerprint density at radius 2 is 2.24 bits per heavy atom. The van der Waals surface area contributed by atoms with E-state index in [4.69, 9.17) is 13.9 Å². The Balaban J connectivity index is 2.02. The zero-order valence-electron chi connectivity index (χ0n) is 10.4. The molecule has 1 unspecified atom stereocenters. The average molecular weight is 243 g/mol. The molecule has 0 fully saturated rings. The Morgan fingerprint density at radius 1 is 1.41 bits per heavy atom. The number of hydrogen-bond donors (Lipinski definition) is 2. The van der Waals surface area contributed by atoms with Crippen LogP contribution in [0, 0.1) is 6.92 Å². The molecule has 5 heteroatoms. The van der Waals surface area contributed by atoms with E-state index in [2.05, 4.69) is 5.32 Å². The molecule has 0 aliphatic heterocycles. The summed E-state index contributed by atoms with van der Waals surface area (Å²) in [6.45, 7) is 4.36. The maximum Gasteiger partial charge on any atom is 0.117 e. The highest BCUT2D eigenvalue weighted by molar-refractivity contribution is 5.05. The molecule has 0 saturated carbocycles. The number of hydrogen-bond acceptors (Lipinski definition) is 5. The van der Waals surface area contributed by atoms with Crippen LogP contribution in [-0.4, -0.2) is 44.7 Å². The average Bonchev–Trinajstić information content (AvgIpc) is 2.71. The van der Waals surface area contributed by atoms with Crippen molar-refractivity contribution in [2.24, 2.45) is 0 Å². The zero-order chi connectivity index (χ0) is 12.5. The Labute approximate surface area is 102 Å². The summed E-state index contributed by atoms with van der Waals surface area (Å²) in [5, 5.41) is 12.7. The lowest BCUT2D eigenvalue weighted by molar-refractivity contribution is 0.0136. The fourth-order valence-electron chi connectivity index (χ4n) is 1.36. The van der Waals surface area contributed by atoms with Gasteiger partial charge in [0.25, 0.3) is 0 Å². The number of ether oxygens (including phenoxy) is 2. The van der Waals surface area contributed by atoms with Crippen LogP contribution in [0.25, 0.3) is 0 Å². The van der Waals surface area contributed by atoms with Gasteiger partial charge in [-0.15, -0.1) is 0 Å². The summed E-state index contributed by atoms with van der Waals surface area (Å²) >= 11 is 0. The van der Waals surface area contributed by atoms with Gasteiger partial charge in [0.05, 0.1) is 32.5 Å². The van der Waals surface area contributed by atoms with Crippen molar-refractivity contribution in [3.63, 3.8) is 0 Å². The van der Waals surface area contributed by atoms with Crippen molar-refractivity contribution in [2.45, 2.75) is 19.6 Å². The van der Waals surface area contributed by atoms with Crippen molar-refractivity contribution < 1.29 is 19.0 Å². The molecular weight excluding hydrogens is 222 g/mol. The second-order valence-electron chi connectivity index (χ2n) is 3.86. The van der Waals surface area contributed by atoms with Crippen molar-refractivity contribution in [2.75, 3.05) is 33.5 Å². The lowest BCUT2D eigenvalue weighted by Gasteiger charge is -2.11. The molecule has 1 heterocycles. The molecule has 0 radical (unpaired) electrons. The number of aliphatic hydroxyl groups is 1. The van der Waals surface area contributed by atoms with Gasteiger partial charge in [0.1, 0.15) is 11.5 Å². The first-order chi connectivity index (χ1) is 8.22. The van der Waals surface area contributed by atoms with Gasteiger partial charge in [-0.25, -0.2) is 0 Å². The summed E-state index contributed by atoms with van der Waals surface area (Å²) in [5.74, 6) is 1.76. The number of furan rings is 1. The highest BCUT2D eigenvalue weighted by atomic mass is 16.5. The normalized spacial score (nSPS) is 12.9. The first kappa shape index (κ1) is 14.2. The van der Waals surface area contributed by atoms with Gasteiger partial charge in [0.15, 0.2) is 0 Å². The second-order valence-corrected chi connectivity index (χ2v) is 3.86. The number of aryl methyl sites for hydroxylation is 1. The Hall–Kier alpha value is -0.880. The molecule has 1 aromatic heterocycles. The van der Waals surface area contributed by atoms with Crippen molar-refractivity contribution in [3.8, 4) is 0 Å². The van der Waals surface area contributed by atoms with Gasteiger partial charge < -0.3 is 24.3 Å². The molecule has 0 aliphatic rings. The van der Waals surface area contributed by atoms with E-state index in [9.17, 15) is 5.11 Å². The Morgan fingerprint density at radius 3 is 2.88 bits per heavy atom. The molecule has 0 bridgehead atoms. The highest BCUT2D eigenvalue weighted by Gasteiger charge is 2.04. The molecular formula is C12H21NO4. The third-order valence-electron chi connectivity index (χ3n) is 2.22. The van der Waals surface area contributed by atoms with E-state index in [0.29, 0.717) is 32.9 Å². The molecule has 0 aliphatic carbocycles. The maximum absolute atomic E-state index is 9.57. The van der Waals surface area contributed by atoms with E-state index < -0.39 is 6.10 Å². The lowest BCUT2D eigenvalue weighted by atomic mass is 10.3.